The number of unbranched alkanes of at least 4 members (excludes halogenated alkanes) is 2. The smallest absolute Gasteiger partial charge is 0.303 e. The quantitative estimate of drug-likeness (QED) is 0.767. The third kappa shape index (κ3) is 4.85. The van der Waals surface area contributed by atoms with Gasteiger partial charge >= 0.3 is 5.97 Å². The monoisotopic (exact) mass is 295 g/mol. The maximum absolute atomic E-state index is 10.5. The molecular weight excluding hydrogens is 274 g/mol. The highest BCUT2D eigenvalue weighted by Crippen LogP contribution is 2.24. The second kappa shape index (κ2) is 8.13. The summed E-state index contributed by atoms with van der Waals surface area (Å²) in [6.45, 7) is 2.07. The second-order valence-corrected chi connectivity index (χ2v) is 5.37. The van der Waals surface area contributed by atoms with Crippen LogP contribution in [-0.4, -0.2) is 16.1 Å². The number of aryl methyl sites for hydroxylation is 1. The maximum Gasteiger partial charge on any atom is 0.303 e. The van der Waals surface area contributed by atoms with E-state index in [1.165, 1.54) is 5.56 Å². The molecule has 2 aromatic rings. The molecule has 0 bridgehead atoms. The van der Waals surface area contributed by atoms with Crippen molar-refractivity contribution in [2.24, 2.45) is 0 Å². The first kappa shape index (κ1) is 16.0. The van der Waals surface area contributed by atoms with Crippen molar-refractivity contribution in [2.45, 2.75) is 32.6 Å². The summed E-state index contributed by atoms with van der Waals surface area (Å²) in [5.74, 6) is -0.727. The highest BCUT2D eigenvalue weighted by atomic mass is 16.4. The van der Waals surface area contributed by atoms with E-state index in [4.69, 9.17) is 5.11 Å². The summed E-state index contributed by atoms with van der Waals surface area (Å²) in [5, 5.41) is 8.68. The molecule has 0 radical (unpaired) electrons. The van der Waals surface area contributed by atoms with Crippen molar-refractivity contribution in [3.05, 3.63) is 71.6 Å². The van der Waals surface area contributed by atoms with Crippen molar-refractivity contribution in [3.8, 4) is 0 Å². The Morgan fingerprint density at radius 1 is 1.14 bits per heavy atom. The Morgan fingerprint density at radius 3 is 2.55 bits per heavy atom. The van der Waals surface area contributed by atoms with Gasteiger partial charge in [-0.2, -0.15) is 0 Å². The van der Waals surface area contributed by atoms with Crippen LogP contribution in [0, 0.1) is 6.92 Å². The van der Waals surface area contributed by atoms with Gasteiger partial charge in [0.15, 0.2) is 0 Å². The van der Waals surface area contributed by atoms with Gasteiger partial charge in [0.2, 0.25) is 0 Å². The summed E-state index contributed by atoms with van der Waals surface area (Å²) in [4.78, 5) is 14.7. The summed E-state index contributed by atoms with van der Waals surface area (Å²) in [6.07, 6.45) is 8.50. The molecule has 0 saturated carbocycles. The molecule has 1 heterocycles. The Hall–Kier alpha value is -2.42. The topological polar surface area (TPSA) is 50.2 Å². The van der Waals surface area contributed by atoms with Crippen molar-refractivity contribution >= 4 is 11.5 Å². The molecule has 0 aliphatic heterocycles. The minimum Gasteiger partial charge on any atom is -0.481 e. The lowest BCUT2D eigenvalue weighted by atomic mass is 9.96. The van der Waals surface area contributed by atoms with Gasteiger partial charge in [0.25, 0.3) is 0 Å². The highest BCUT2D eigenvalue weighted by molar-refractivity contribution is 5.79. The van der Waals surface area contributed by atoms with Crippen molar-refractivity contribution in [2.75, 3.05) is 0 Å². The van der Waals surface area contributed by atoms with Gasteiger partial charge < -0.3 is 5.11 Å². The number of hydrogen-bond acceptors (Lipinski definition) is 2. The predicted octanol–water partition coefficient (Wildman–Crippen LogP) is 4.47. The zero-order valence-electron chi connectivity index (χ0n) is 12.8. The summed E-state index contributed by atoms with van der Waals surface area (Å²) in [6, 6.07) is 12.4. The lowest BCUT2D eigenvalue weighted by Crippen LogP contribution is -1.93. The Bertz CT molecular complexity index is 630. The number of aliphatic carboxylic acids is 1. The number of rotatable bonds is 7. The fraction of sp³-hybridized carbons (Fsp3) is 0.263. The molecule has 22 heavy (non-hydrogen) atoms. The average Bonchev–Trinajstić information content (AvgIpc) is 2.53. The van der Waals surface area contributed by atoms with Crippen LogP contribution in [0.4, 0.5) is 0 Å². The zero-order chi connectivity index (χ0) is 15.8. The number of hydrogen-bond donors (Lipinski definition) is 1. The number of carbonyl (C=O) groups is 1. The fourth-order valence-corrected chi connectivity index (χ4v) is 2.32. The van der Waals surface area contributed by atoms with E-state index in [1.807, 2.05) is 12.3 Å². The van der Waals surface area contributed by atoms with Gasteiger partial charge in [0, 0.05) is 24.4 Å². The van der Waals surface area contributed by atoms with E-state index in [-0.39, 0.29) is 6.42 Å². The molecule has 0 spiro atoms. The minimum atomic E-state index is -0.727. The van der Waals surface area contributed by atoms with E-state index in [0.717, 1.165) is 29.5 Å². The highest BCUT2D eigenvalue weighted by Gasteiger charge is 2.05. The van der Waals surface area contributed by atoms with Gasteiger partial charge in [0.1, 0.15) is 0 Å². The Labute approximate surface area is 131 Å². The van der Waals surface area contributed by atoms with Crippen molar-refractivity contribution in [1.29, 1.82) is 0 Å². The van der Waals surface area contributed by atoms with Gasteiger partial charge in [-0.15, -0.1) is 0 Å². The first-order valence-electron chi connectivity index (χ1n) is 7.56. The number of nitrogens with zero attached hydrogens (tertiary/aromatic N) is 1. The van der Waals surface area contributed by atoms with Gasteiger partial charge in [-0.25, -0.2) is 0 Å². The number of carboxylic acids is 1. The van der Waals surface area contributed by atoms with Gasteiger partial charge in [-0.1, -0.05) is 42.0 Å². The number of benzene rings is 1. The van der Waals surface area contributed by atoms with Gasteiger partial charge in [0.05, 0.1) is 0 Å². The van der Waals surface area contributed by atoms with Crippen LogP contribution in [0.25, 0.3) is 5.57 Å². The summed E-state index contributed by atoms with van der Waals surface area (Å²) in [5.41, 5.74) is 4.64. The van der Waals surface area contributed by atoms with Crippen LogP contribution in [0.2, 0.25) is 0 Å². The van der Waals surface area contributed by atoms with Crippen molar-refractivity contribution in [3.63, 3.8) is 0 Å². The van der Waals surface area contributed by atoms with Crippen LogP contribution >= 0.6 is 0 Å². The van der Waals surface area contributed by atoms with E-state index < -0.39 is 5.97 Å². The molecular formula is C19H21NO2. The van der Waals surface area contributed by atoms with E-state index in [2.05, 4.69) is 48.3 Å². The molecule has 3 nitrogen and oxygen atoms in total. The molecule has 2 rings (SSSR count). The van der Waals surface area contributed by atoms with Crippen LogP contribution in [0.5, 0.6) is 0 Å². The van der Waals surface area contributed by atoms with E-state index >= 15 is 0 Å². The predicted molar refractivity (Wildman–Crippen MR) is 88.6 cm³/mol. The van der Waals surface area contributed by atoms with Crippen LogP contribution in [0.1, 0.15) is 42.4 Å². The molecule has 0 aliphatic rings. The SMILES string of the molecule is Cc1ccc(/C(=C/CCCCC(=O)O)c2cccnc2)cc1. The number of allylic oxidation sites excluding steroid dienone is 1. The summed E-state index contributed by atoms with van der Waals surface area (Å²) in [7, 11) is 0. The van der Waals surface area contributed by atoms with Crippen molar-refractivity contribution < 1.29 is 9.90 Å². The molecule has 1 aromatic heterocycles. The molecule has 0 saturated heterocycles. The van der Waals surface area contributed by atoms with E-state index in [1.54, 1.807) is 6.20 Å². The maximum atomic E-state index is 10.5. The second-order valence-electron chi connectivity index (χ2n) is 5.37. The van der Waals surface area contributed by atoms with Crippen LogP contribution < -0.4 is 0 Å². The molecule has 3 heteroatoms. The van der Waals surface area contributed by atoms with Crippen molar-refractivity contribution in [1.82, 2.24) is 4.98 Å². The first-order chi connectivity index (χ1) is 10.7. The molecule has 0 atom stereocenters. The molecule has 1 aromatic carbocycles. The van der Waals surface area contributed by atoms with Crippen LogP contribution in [0.15, 0.2) is 54.9 Å². The first-order valence-corrected chi connectivity index (χ1v) is 7.56. The number of carboxylic acid groups (broad SMARTS) is 1. The Kier molecular flexibility index (Phi) is 5.90. The Balaban J connectivity index is 2.15. The van der Waals surface area contributed by atoms with E-state index in [0.29, 0.717) is 6.42 Å². The van der Waals surface area contributed by atoms with E-state index in [9.17, 15) is 4.79 Å². The molecule has 0 fully saturated rings. The normalized spacial score (nSPS) is 11.4. The molecule has 0 unspecified atom stereocenters. The molecule has 114 valence electrons. The van der Waals surface area contributed by atoms with Gasteiger partial charge in [-0.05, 0) is 43.4 Å². The zero-order valence-corrected chi connectivity index (χ0v) is 12.8. The van der Waals surface area contributed by atoms with Crippen LogP contribution in [0.3, 0.4) is 0 Å². The number of pyridine rings is 1. The largest absolute Gasteiger partial charge is 0.481 e. The average molecular weight is 295 g/mol. The minimum absolute atomic E-state index is 0.237. The summed E-state index contributed by atoms with van der Waals surface area (Å²) < 4.78 is 0. The molecule has 0 amide bonds. The number of aromatic nitrogens is 1. The third-order valence-corrected chi connectivity index (χ3v) is 3.53. The Morgan fingerprint density at radius 2 is 1.91 bits per heavy atom. The third-order valence-electron chi connectivity index (χ3n) is 3.53. The van der Waals surface area contributed by atoms with Gasteiger partial charge in [-0.3, -0.25) is 9.78 Å². The lowest BCUT2D eigenvalue weighted by Gasteiger charge is -2.09. The fourth-order valence-electron chi connectivity index (χ4n) is 2.32. The lowest BCUT2D eigenvalue weighted by molar-refractivity contribution is -0.137. The van der Waals surface area contributed by atoms with Crippen LogP contribution in [-0.2, 0) is 4.79 Å². The standard InChI is InChI=1S/C19H21NO2/c1-15-9-11-16(12-10-15)18(17-6-5-13-20-14-17)7-3-2-4-8-19(21)22/h5-7,9-14H,2-4,8H2,1H3,(H,21,22)/b18-7-. The molecule has 0 aliphatic carbocycles. The summed E-state index contributed by atoms with van der Waals surface area (Å²) >= 11 is 0. The molecule has 1 N–H and O–H groups in total.